The Morgan fingerprint density at radius 3 is 2.53 bits per heavy atom. The molecule has 0 N–H and O–H groups in total. The highest BCUT2D eigenvalue weighted by atomic mass is 32.2. The van der Waals surface area contributed by atoms with Crippen molar-refractivity contribution in [3.05, 3.63) is 88.2 Å². The van der Waals surface area contributed by atoms with Crippen LogP contribution >= 0.6 is 23.1 Å². The van der Waals surface area contributed by atoms with Crippen LogP contribution < -0.4 is 9.64 Å². The zero-order valence-electron chi connectivity index (χ0n) is 16.1. The van der Waals surface area contributed by atoms with E-state index in [0.717, 1.165) is 17.0 Å². The monoisotopic (exact) mass is 434 g/mol. The van der Waals surface area contributed by atoms with Gasteiger partial charge >= 0.3 is 0 Å². The number of thiophene rings is 1. The van der Waals surface area contributed by atoms with Crippen LogP contribution in [0.15, 0.2) is 82.8 Å². The number of amides is 1. The van der Waals surface area contributed by atoms with E-state index in [1.165, 1.54) is 23.1 Å². The Morgan fingerprint density at radius 1 is 1.10 bits per heavy atom. The van der Waals surface area contributed by atoms with Crippen molar-refractivity contribution in [3.8, 4) is 5.75 Å². The quantitative estimate of drug-likeness (QED) is 0.399. The third-order valence-electron chi connectivity index (χ3n) is 4.39. The van der Waals surface area contributed by atoms with E-state index in [4.69, 9.17) is 4.74 Å². The van der Waals surface area contributed by atoms with Crippen LogP contribution in [0.4, 0.5) is 5.69 Å². The van der Waals surface area contributed by atoms with Crippen molar-refractivity contribution in [2.45, 2.75) is 0 Å². The van der Waals surface area contributed by atoms with Gasteiger partial charge in [-0.1, -0.05) is 48.2 Å². The smallest absolute Gasteiger partial charge is 0.283 e. The molecule has 30 heavy (non-hydrogen) atoms. The molecule has 1 amide bonds. The number of nitrogens with zero attached hydrogens (tertiary/aromatic N) is 2. The maximum atomic E-state index is 13.1. The standard InChI is InChI=1S/C23H18N2O3S2/c1-28-18-11-9-16(10-12-18)14-19-22(27)25(17-6-3-2-4-7-17)23(24-19)30-15-20(26)21-8-5-13-29-21/h2-14H,15H2,1H3/b19-14+. The van der Waals surface area contributed by atoms with Gasteiger partial charge in [-0.05, 0) is 47.4 Å². The van der Waals surface area contributed by atoms with E-state index >= 15 is 0 Å². The highest BCUT2D eigenvalue weighted by Gasteiger charge is 2.32. The summed E-state index contributed by atoms with van der Waals surface area (Å²) >= 11 is 2.68. The number of anilines is 1. The molecule has 150 valence electrons. The first-order chi connectivity index (χ1) is 14.7. The fourth-order valence-electron chi connectivity index (χ4n) is 2.89. The van der Waals surface area contributed by atoms with Gasteiger partial charge in [-0.3, -0.25) is 14.5 Å². The van der Waals surface area contributed by atoms with Crippen molar-refractivity contribution < 1.29 is 14.3 Å². The number of hydrogen-bond donors (Lipinski definition) is 0. The van der Waals surface area contributed by atoms with Gasteiger partial charge < -0.3 is 4.74 Å². The number of amidine groups is 1. The molecular formula is C23H18N2O3S2. The number of carbonyl (C=O) groups excluding carboxylic acids is 2. The predicted molar refractivity (Wildman–Crippen MR) is 123 cm³/mol. The zero-order valence-corrected chi connectivity index (χ0v) is 17.8. The Morgan fingerprint density at radius 2 is 1.87 bits per heavy atom. The Balaban J connectivity index is 1.62. The molecule has 3 aromatic rings. The minimum atomic E-state index is -0.219. The summed E-state index contributed by atoms with van der Waals surface area (Å²) in [5, 5.41) is 2.37. The van der Waals surface area contributed by atoms with Gasteiger partial charge in [0.15, 0.2) is 11.0 Å². The van der Waals surface area contributed by atoms with E-state index in [0.29, 0.717) is 15.7 Å². The number of Topliss-reactive ketones (excluding diaryl/α,β-unsaturated/α-hetero) is 1. The number of rotatable bonds is 6. The number of methoxy groups -OCH3 is 1. The molecule has 0 atom stereocenters. The minimum Gasteiger partial charge on any atom is -0.497 e. The van der Waals surface area contributed by atoms with E-state index in [9.17, 15) is 9.59 Å². The third-order valence-corrected chi connectivity index (χ3v) is 6.24. The number of ketones is 1. The molecule has 0 saturated heterocycles. The van der Waals surface area contributed by atoms with Crippen LogP contribution in [0.3, 0.4) is 0 Å². The molecule has 7 heteroatoms. The van der Waals surface area contributed by atoms with Crippen LogP contribution in [-0.4, -0.2) is 29.7 Å². The van der Waals surface area contributed by atoms with Crippen molar-refractivity contribution in [1.29, 1.82) is 0 Å². The van der Waals surface area contributed by atoms with Crippen molar-refractivity contribution >= 4 is 51.7 Å². The van der Waals surface area contributed by atoms with Crippen LogP contribution in [0.25, 0.3) is 6.08 Å². The predicted octanol–water partition coefficient (Wildman–Crippen LogP) is 5.12. The number of ether oxygens (including phenoxy) is 1. The molecule has 0 aliphatic carbocycles. The Labute approximate surface area is 182 Å². The second kappa shape index (κ2) is 9.11. The molecule has 2 heterocycles. The number of benzene rings is 2. The fraction of sp³-hybridized carbons (Fsp3) is 0.0870. The Bertz CT molecular complexity index is 1110. The second-order valence-corrected chi connectivity index (χ2v) is 8.25. The average Bonchev–Trinajstić information content (AvgIpc) is 3.42. The number of carbonyl (C=O) groups is 2. The summed E-state index contributed by atoms with van der Waals surface area (Å²) in [7, 11) is 1.61. The summed E-state index contributed by atoms with van der Waals surface area (Å²) in [5.41, 5.74) is 1.89. The second-order valence-electron chi connectivity index (χ2n) is 6.36. The summed E-state index contributed by atoms with van der Waals surface area (Å²) < 4.78 is 5.18. The van der Waals surface area contributed by atoms with E-state index in [1.807, 2.05) is 66.0 Å². The molecule has 0 bridgehead atoms. The highest BCUT2D eigenvalue weighted by Crippen LogP contribution is 2.30. The van der Waals surface area contributed by atoms with Crippen LogP contribution in [-0.2, 0) is 4.79 Å². The van der Waals surface area contributed by atoms with Gasteiger partial charge in [-0.15, -0.1) is 11.3 Å². The van der Waals surface area contributed by atoms with Gasteiger partial charge in [-0.25, -0.2) is 4.99 Å². The SMILES string of the molecule is COc1ccc(/C=C2/N=C(SCC(=O)c3cccs3)N(c3ccccc3)C2=O)cc1. The number of thioether (sulfide) groups is 1. The normalized spacial score (nSPS) is 14.8. The number of aliphatic imine (C=N–C) groups is 1. The average molecular weight is 435 g/mol. The van der Waals surface area contributed by atoms with Crippen molar-refractivity contribution in [1.82, 2.24) is 0 Å². The first-order valence-corrected chi connectivity index (χ1v) is 11.1. The maximum absolute atomic E-state index is 13.1. The lowest BCUT2D eigenvalue weighted by Crippen LogP contribution is -2.30. The molecule has 0 radical (unpaired) electrons. The molecule has 0 fully saturated rings. The maximum Gasteiger partial charge on any atom is 0.283 e. The molecule has 1 aliphatic rings. The van der Waals surface area contributed by atoms with Gasteiger partial charge in [0, 0.05) is 0 Å². The van der Waals surface area contributed by atoms with E-state index in [-0.39, 0.29) is 17.4 Å². The summed E-state index contributed by atoms with van der Waals surface area (Å²) in [5.74, 6) is 0.757. The summed E-state index contributed by atoms with van der Waals surface area (Å²) in [6, 6.07) is 20.4. The summed E-state index contributed by atoms with van der Waals surface area (Å²) in [4.78, 5) is 32.4. The molecule has 0 saturated carbocycles. The lowest BCUT2D eigenvalue weighted by molar-refractivity contribution is -0.113. The zero-order chi connectivity index (χ0) is 20.9. The third kappa shape index (κ3) is 4.37. The lowest BCUT2D eigenvalue weighted by Gasteiger charge is -2.17. The molecule has 2 aromatic carbocycles. The topological polar surface area (TPSA) is 59.0 Å². The molecule has 4 rings (SSSR count). The molecule has 1 aliphatic heterocycles. The molecular weight excluding hydrogens is 416 g/mol. The van der Waals surface area contributed by atoms with Gasteiger partial charge in [0.1, 0.15) is 11.4 Å². The first kappa shape index (κ1) is 20.1. The summed E-state index contributed by atoms with van der Waals surface area (Å²) in [6.45, 7) is 0. The van der Waals surface area contributed by atoms with E-state index in [1.54, 1.807) is 24.2 Å². The molecule has 5 nitrogen and oxygen atoms in total. The van der Waals surface area contributed by atoms with Gasteiger partial charge in [0.25, 0.3) is 5.91 Å². The summed E-state index contributed by atoms with van der Waals surface area (Å²) in [6.07, 6.45) is 1.74. The lowest BCUT2D eigenvalue weighted by atomic mass is 10.2. The number of para-hydroxylation sites is 1. The van der Waals surface area contributed by atoms with Crippen LogP contribution in [0.2, 0.25) is 0 Å². The Kier molecular flexibility index (Phi) is 6.11. The van der Waals surface area contributed by atoms with E-state index in [2.05, 4.69) is 4.99 Å². The molecule has 1 aromatic heterocycles. The fourth-order valence-corrected chi connectivity index (χ4v) is 4.55. The first-order valence-electron chi connectivity index (χ1n) is 9.19. The number of hydrogen-bond acceptors (Lipinski definition) is 6. The van der Waals surface area contributed by atoms with Crippen molar-refractivity contribution in [2.24, 2.45) is 4.99 Å². The van der Waals surface area contributed by atoms with Crippen LogP contribution in [0.1, 0.15) is 15.2 Å². The molecule has 0 unspecified atom stereocenters. The van der Waals surface area contributed by atoms with E-state index < -0.39 is 0 Å². The van der Waals surface area contributed by atoms with Crippen LogP contribution in [0.5, 0.6) is 5.75 Å². The van der Waals surface area contributed by atoms with Crippen molar-refractivity contribution in [3.63, 3.8) is 0 Å². The minimum absolute atomic E-state index is 0.0192. The largest absolute Gasteiger partial charge is 0.497 e. The highest BCUT2D eigenvalue weighted by molar-refractivity contribution is 8.14. The van der Waals surface area contributed by atoms with Gasteiger partial charge in [0.2, 0.25) is 0 Å². The van der Waals surface area contributed by atoms with Crippen LogP contribution in [0, 0.1) is 0 Å². The van der Waals surface area contributed by atoms with Gasteiger partial charge in [0.05, 0.1) is 23.4 Å². The molecule has 0 spiro atoms. The van der Waals surface area contributed by atoms with Crippen molar-refractivity contribution in [2.75, 3.05) is 17.8 Å². The Hall–Kier alpha value is -3.16. The van der Waals surface area contributed by atoms with Gasteiger partial charge in [-0.2, -0.15) is 0 Å².